The highest BCUT2D eigenvalue weighted by Crippen LogP contribution is 2.12. The molecule has 1 rings (SSSR count). The molecular weight excluding hydrogens is 396 g/mol. The molecule has 166 valence electrons. The highest BCUT2D eigenvalue weighted by molar-refractivity contribution is 6.03. The third-order valence-electron chi connectivity index (χ3n) is 3.74. The Bertz CT molecular complexity index is 712. The van der Waals surface area contributed by atoms with E-state index in [0.29, 0.717) is 5.57 Å². The van der Waals surface area contributed by atoms with Crippen LogP contribution < -0.4 is 0 Å². The van der Waals surface area contributed by atoms with Crippen LogP contribution in [-0.4, -0.2) is 75.9 Å². The van der Waals surface area contributed by atoms with Gasteiger partial charge in [-0.15, -0.1) is 0 Å². The van der Waals surface area contributed by atoms with E-state index in [1.165, 1.54) is 12.1 Å². The minimum Gasteiger partial charge on any atom is -0.460 e. The predicted molar refractivity (Wildman–Crippen MR) is 106 cm³/mol. The molecule has 1 aromatic carbocycles. The Morgan fingerprint density at radius 2 is 1.27 bits per heavy atom. The lowest BCUT2D eigenvalue weighted by molar-refractivity contribution is -0.140. The average molecular weight is 424 g/mol. The van der Waals surface area contributed by atoms with Crippen molar-refractivity contribution in [3.63, 3.8) is 0 Å². The van der Waals surface area contributed by atoms with Gasteiger partial charge in [-0.3, -0.25) is 0 Å². The molecular formula is C21H28O9. The molecule has 0 bridgehead atoms. The van der Waals surface area contributed by atoms with Crippen LogP contribution in [0.4, 0.5) is 0 Å². The van der Waals surface area contributed by atoms with Crippen molar-refractivity contribution >= 4 is 17.9 Å². The molecule has 0 aliphatic rings. The van der Waals surface area contributed by atoms with Gasteiger partial charge in [0, 0.05) is 5.57 Å². The molecule has 0 aliphatic carbocycles. The first-order valence-electron chi connectivity index (χ1n) is 9.51. The topological polar surface area (TPSA) is 118 Å². The maximum absolute atomic E-state index is 12.3. The molecule has 0 saturated heterocycles. The Kier molecular flexibility index (Phi) is 12.8. The van der Waals surface area contributed by atoms with Crippen LogP contribution in [0.1, 0.15) is 34.6 Å². The summed E-state index contributed by atoms with van der Waals surface area (Å²) in [7, 11) is 0. The first-order valence-corrected chi connectivity index (χ1v) is 9.51. The summed E-state index contributed by atoms with van der Waals surface area (Å²) in [5.41, 5.74) is 0.671. The molecule has 0 fully saturated rings. The highest BCUT2D eigenvalue weighted by atomic mass is 16.6. The van der Waals surface area contributed by atoms with Crippen LogP contribution in [0.15, 0.2) is 35.9 Å². The molecule has 9 heteroatoms. The molecule has 0 radical (unpaired) electrons. The number of carbonyl (C=O) groups excluding carboxylic acids is 3. The SMILES string of the molecule is CC=C(C)C(=O)OCCOCCOC(=O)c1ccccc1C(=O)OCCOCCO. The average Bonchev–Trinajstić information content (AvgIpc) is 2.77. The number of aliphatic hydroxyl groups excluding tert-OH is 1. The summed E-state index contributed by atoms with van der Waals surface area (Å²) in [5.74, 6) is -1.77. The van der Waals surface area contributed by atoms with Crippen molar-refractivity contribution in [3.05, 3.63) is 47.0 Å². The van der Waals surface area contributed by atoms with Gasteiger partial charge in [0.05, 0.1) is 44.2 Å². The van der Waals surface area contributed by atoms with Crippen LogP contribution in [0.3, 0.4) is 0 Å². The van der Waals surface area contributed by atoms with E-state index in [1.54, 1.807) is 32.1 Å². The number of ether oxygens (including phenoxy) is 5. The molecule has 0 unspecified atom stereocenters. The van der Waals surface area contributed by atoms with Gasteiger partial charge in [-0.25, -0.2) is 14.4 Å². The standard InChI is InChI=1S/C21H28O9/c1-3-16(2)19(23)28-13-11-27-12-15-30-21(25)18-7-5-4-6-17(18)20(24)29-14-10-26-9-8-22/h3-7,22H,8-15H2,1-2H3. The summed E-state index contributed by atoms with van der Waals surface area (Å²) in [6.07, 6.45) is 1.65. The van der Waals surface area contributed by atoms with E-state index >= 15 is 0 Å². The van der Waals surface area contributed by atoms with Crippen molar-refractivity contribution in [2.75, 3.05) is 52.9 Å². The van der Waals surface area contributed by atoms with Gasteiger partial charge < -0.3 is 28.8 Å². The molecule has 9 nitrogen and oxygen atoms in total. The zero-order valence-corrected chi connectivity index (χ0v) is 17.3. The molecule has 1 aromatic rings. The van der Waals surface area contributed by atoms with Crippen LogP contribution in [0.5, 0.6) is 0 Å². The number of aliphatic hydroxyl groups is 1. The zero-order valence-electron chi connectivity index (χ0n) is 17.3. The lowest BCUT2D eigenvalue weighted by Crippen LogP contribution is -2.18. The smallest absolute Gasteiger partial charge is 0.339 e. The Labute approximate surface area is 175 Å². The van der Waals surface area contributed by atoms with Crippen molar-refractivity contribution in [1.29, 1.82) is 0 Å². The minimum absolute atomic E-state index is 0.00575. The number of benzene rings is 1. The summed E-state index contributed by atoms with van der Waals surface area (Å²) >= 11 is 0. The second-order valence-electron chi connectivity index (χ2n) is 5.87. The van der Waals surface area contributed by atoms with Gasteiger partial charge in [0.2, 0.25) is 0 Å². The number of esters is 3. The number of hydrogen-bond acceptors (Lipinski definition) is 9. The van der Waals surface area contributed by atoms with Crippen molar-refractivity contribution in [1.82, 2.24) is 0 Å². The fraction of sp³-hybridized carbons (Fsp3) is 0.476. The number of rotatable bonds is 14. The maximum atomic E-state index is 12.3. The van der Waals surface area contributed by atoms with Gasteiger partial charge in [-0.2, -0.15) is 0 Å². The Hall–Kier alpha value is -2.75. The van der Waals surface area contributed by atoms with E-state index in [9.17, 15) is 14.4 Å². The Morgan fingerprint density at radius 3 is 1.73 bits per heavy atom. The Morgan fingerprint density at radius 1 is 0.800 bits per heavy atom. The maximum Gasteiger partial charge on any atom is 0.339 e. The van der Waals surface area contributed by atoms with Gasteiger partial charge in [-0.05, 0) is 26.0 Å². The molecule has 0 spiro atoms. The molecule has 0 saturated carbocycles. The minimum atomic E-state index is -0.683. The molecule has 30 heavy (non-hydrogen) atoms. The zero-order chi connectivity index (χ0) is 22.2. The summed E-state index contributed by atoms with van der Waals surface area (Å²) in [6.45, 7) is 3.91. The lowest BCUT2D eigenvalue weighted by Gasteiger charge is -2.10. The number of carbonyl (C=O) groups is 3. The predicted octanol–water partition coefficient (Wildman–Crippen LogP) is 1.54. The monoisotopic (exact) mass is 424 g/mol. The first kappa shape index (κ1) is 25.3. The van der Waals surface area contributed by atoms with Gasteiger partial charge in [0.25, 0.3) is 0 Å². The van der Waals surface area contributed by atoms with Gasteiger partial charge in [0.15, 0.2) is 0 Å². The quantitative estimate of drug-likeness (QED) is 0.205. The van der Waals surface area contributed by atoms with Crippen molar-refractivity contribution in [2.45, 2.75) is 13.8 Å². The van der Waals surface area contributed by atoms with E-state index in [4.69, 9.17) is 28.8 Å². The largest absolute Gasteiger partial charge is 0.460 e. The molecule has 0 amide bonds. The van der Waals surface area contributed by atoms with Gasteiger partial charge in [0.1, 0.15) is 19.8 Å². The normalized spacial score (nSPS) is 11.1. The lowest BCUT2D eigenvalue weighted by atomic mass is 10.1. The van der Waals surface area contributed by atoms with Crippen LogP contribution in [0, 0.1) is 0 Å². The van der Waals surface area contributed by atoms with Crippen molar-refractivity contribution in [3.8, 4) is 0 Å². The van der Waals surface area contributed by atoms with Crippen molar-refractivity contribution in [2.24, 2.45) is 0 Å². The van der Waals surface area contributed by atoms with E-state index in [0.717, 1.165) is 0 Å². The van der Waals surface area contributed by atoms with E-state index < -0.39 is 17.9 Å². The number of hydrogen-bond donors (Lipinski definition) is 1. The van der Waals surface area contributed by atoms with Crippen LogP contribution in [0.2, 0.25) is 0 Å². The summed E-state index contributed by atoms with van der Waals surface area (Å²) < 4.78 is 25.4. The van der Waals surface area contributed by atoms with Gasteiger partial charge in [-0.1, -0.05) is 18.2 Å². The summed E-state index contributed by atoms with van der Waals surface area (Å²) in [6, 6.07) is 6.14. The molecule has 0 heterocycles. The molecule has 0 aliphatic heterocycles. The van der Waals surface area contributed by atoms with Crippen LogP contribution in [-0.2, 0) is 28.5 Å². The molecule has 0 aromatic heterocycles. The third kappa shape index (κ3) is 9.64. The second kappa shape index (κ2) is 15.1. The molecule has 1 N–H and O–H groups in total. The van der Waals surface area contributed by atoms with Gasteiger partial charge >= 0.3 is 17.9 Å². The highest BCUT2D eigenvalue weighted by Gasteiger charge is 2.18. The summed E-state index contributed by atoms with van der Waals surface area (Å²) in [5, 5.41) is 8.62. The Balaban J connectivity index is 2.35. The van der Waals surface area contributed by atoms with E-state index in [2.05, 4.69) is 0 Å². The fourth-order valence-electron chi connectivity index (χ4n) is 2.07. The van der Waals surface area contributed by atoms with E-state index in [-0.39, 0.29) is 64.0 Å². The van der Waals surface area contributed by atoms with Crippen LogP contribution in [0.25, 0.3) is 0 Å². The summed E-state index contributed by atoms with van der Waals surface area (Å²) in [4.78, 5) is 35.9. The fourth-order valence-corrected chi connectivity index (χ4v) is 2.07. The molecule has 0 atom stereocenters. The first-order chi connectivity index (χ1) is 14.5. The van der Waals surface area contributed by atoms with E-state index in [1.807, 2.05) is 0 Å². The van der Waals surface area contributed by atoms with Crippen molar-refractivity contribution < 1.29 is 43.2 Å². The van der Waals surface area contributed by atoms with Crippen LogP contribution >= 0.6 is 0 Å². The third-order valence-corrected chi connectivity index (χ3v) is 3.74. The number of allylic oxidation sites excluding steroid dienone is 1. The second-order valence-corrected chi connectivity index (χ2v) is 5.87.